The lowest BCUT2D eigenvalue weighted by Crippen LogP contribution is -2.55. The summed E-state index contributed by atoms with van der Waals surface area (Å²) in [5.41, 5.74) is 0.445. The standard InChI is InChI=1S/C22H22N2O10S/c1-22(35(32)33,11-34-17(27)9-12-5-6-15(25)16(26)8-12)18(21(30)31)23-19-14(20(28)29)10-13-4-2-3-7-24(13)19/h2-8,10,18,23,25-26H,9,11H2,1H3,(H,28,29)(H,30,31)(H,32,33)/t18-,22-/m0/s1. The summed E-state index contributed by atoms with van der Waals surface area (Å²) < 4.78 is 26.6. The van der Waals surface area contributed by atoms with Crippen molar-refractivity contribution in [2.45, 2.75) is 24.1 Å². The quantitative estimate of drug-likeness (QED) is 0.133. The Balaban J connectivity index is 1.87. The predicted molar refractivity (Wildman–Crippen MR) is 123 cm³/mol. The lowest BCUT2D eigenvalue weighted by molar-refractivity contribution is -0.146. The Morgan fingerprint density at radius 1 is 1.11 bits per heavy atom. The van der Waals surface area contributed by atoms with Crippen LogP contribution in [0.1, 0.15) is 22.8 Å². The number of pyridine rings is 1. The fourth-order valence-electron chi connectivity index (χ4n) is 3.40. The molecule has 13 heteroatoms. The molecule has 0 aliphatic carbocycles. The third-order valence-electron chi connectivity index (χ3n) is 5.36. The van der Waals surface area contributed by atoms with Crippen LogP contribution in [-0.4, -0.2) is 68.9 Å². The molecule has 2 heterocycles. The molecule has 0 bridgehead atoms. The van der Waals surface area contributed by atoms with E-state index in [1.165, 1.54) is 22.7 Å². The fourth-order valence-corrected chi connectivity index (χ4v) is 3.92. The van der Waals surface area contributed by atoms with Gasteiger partial charge in [-0.2, -0.15) is 0 Å². The Bertz CT molecular complexity index is 1320. The van der Waals surface area contributed by atoms with E-state index in [9.17, 15) is 43.6 Å². The smallest absolute Gasteiger partial charge is 0.339 e. The Kier molecular flexibility index (Phi) is 7.31. The summed E-state index contributed by atoms with van der Waals surface area (Å²) >= 11 is -2.85. The zero-order valence-electron chi connectivity index (χ0n) is 18.2. The third kappa shape index (κ3) is 5.36. The van der Waals surface area contributed by atoms with Crippen molar-refractivity contribution >= 4 is 40.3 Å². The highest BCUT2D eigenvalue weighted by molar-refractivity contribution is 7.80. The van der Waals surface area contributed by atoms with Crippen molar-refractivity contribution in [3.05, 3.63) is 59.8 Å². The maximum absolute atomic E-state index is 12.3. The first-order valence-corrected chi connectivity index (χ1v) is 11.1. The Morgan fingerprint density at radius 2 is 1.83 bits per heavy atom. The first-order chi connectivity index (χ1) is 16.4. The lowest BCUT2D eigenvalue weighted by atomic mass is 10.0. The summed E-state index contributed by atoms with van der Waals surface area (Å²) in [5.74, 6) is -4.81. The van der Waals surface area contributed by atoms with Crippen LogP contribution in [-0.2, 0) is 31.8 Å². The van der Waals surface area contributed by atoms with Crippen molar-refractivity contribution in [3.8, 4) is 11.5 Å². The molecule has 35 heavy (non-hydrogen) atoms. The van der Waals surface area contributed by atoms with Gasteiger partial charge in [-0.1, -0.05) is 12.1 Å². The molecule has 0 saturated carbocycles. The van der Waals surface area contributed by atoms with Crippen LogP contribution in [0, 0.1) is 0 Å². The van der Waals surface area contributed by atoms with Gasteiger partial charge < -0.3 is 39.4 Å². The van der Waals surface area contributed by atoms with E-state index in [2.05, 4.69) is 5.32 Å². The molecule has 1 aromatic carbocycles. The van der Waals surface area contributed by atoms with Crippen molar-refractivity contribution in [2.24, 2.45) is 0 Å². The van der Waals surface area contributed by atoms with Crippen LogP contribution in [0.15, 0.2) is 48.7 Å². The number of nitrogens with zero attached hydrogens (tertiary/aromatic N) is 1. The number of carboxylic acid groups (broad SMARTS) is 2. The van der Waals surface area contributed by atoms with Gasteiger partial charge in [-0.3, -0.25) is 4.79 Å². The van der Waals surface area contributed by atoms with E-state index < -0.39 is 52.1 Å². The van der Waals surface area contributed by atoms with Gasteiger partial charge in [0.15, 0.2) is 22.6 Å². The van der Waals surface area contributed by atoms with Crippen molar-refractivity contribution in [1.29, 1.82) is 0 Å². The van der Waals surface area contributed by atoms with Crippen molar-refractivity contribution in [2.75, 3.05) is 11.9 Å². The van der Waals surface area contributed by atoms with E-state index in [4.69, 9.17) is 4.74 Å². The number of anilines is 1. The van der Waals surface area contributed by atoms with Gasteiger partial charge in [0.25, 0.3) is 0 Å². The number of aromatic hydroxyl groups is 2. The highest BCUT2D eigenvalue weighted by Gasteiger charge is 2.47. The fraction of sp³-hybridized carbons (Fsp3) is 0.227. The average Bonchev–Trinajstić information content (AvgIpc) is 3.17. The molecule has 12 nitrogen and oxygen atoms in total. The molecular weight excluding hydrogens is 484 g/mol. The third-order valence-corrected chi connectivity index (χ3v) is 6.51. The molecule has 186 valence electrons. The molecule has 0 amide bonds. The van der Waals surface area contributed by atoms with Gasteiger partial charge in [-0.25, -0.2) is 13.8 Å². The minimum absolute atomic E-state index is 0.136. The van der Waals surface area contributed by atoms with Crippen LogP contribution in [0.2, 0.25) is 0 Å². The number of aromatic nitrogens is 1. The molecule has 0 spiro atoms. The second-order valence-corrected chi connectivity index (χ2v) is 9.28. The van der Waals surface area contributed by atoms with Crippen LogP contribution in [0.4, 0.5) is 5.82 Å². The number of carbonyl (C=O) groups excluding carboxylic acids is 1. The average molecular weight is 506 g/mol. The Labute approximate surface area is 200 Å². The predicted octanol–water partition coefficient (Wildman–Crippen LogP) is 1.68. The molecular formula is C22H22N2O10S. The minimum Gasteiger partial charge on any atom is -0.504 e. The maximum Gasteiger partial charge on any atom is 0.339 e. The number of phenolic OH excluding ortho intramolecular Hbond substituents is 2. The van der Waals surface area contributed by atoms with Gasteiger partial charge in [0.05, 0.1) is 6.42 Å². The highest BCUT2D eigenvalue weighted by Crippen LogP contribution is 2.28. The number of nitrogens with one attached hydrogen (secondary N) is 1. The molecule has 1 unspecified atom stereocenters. The van der Waals surface area contributed by atoms with E-state index >= 15 is 0 Å². The summed E-state index contributed by atoms with van der Waals surface area (Å²) in [6.07, 6.45) is 1.11. The maximum atomic E-state index is 12.3. The highest BCUT2D eigenvalue weighted by atomic mass is 32.2. The summed E-state index contributed by atoms with van der Waals surface area (Å²) in [4.78, 5) is 36.2. The van der Waals surface area contributed by atoms with Crippen LogP contribution in [0.3, 0.4) is 0 Å². The normalized spacial score (nSPS) is 14.6. The molecule has 0 saturated heterocycles. The van der Waals surface area contributed by atoms with E-state index in [-0.39, 0.29) is 29.1 Å². The molecule has 6 N–H and O–H groups in total. The van der Waals surface area contributed by atoms with E-state index in [1.54, 1.807) is 18.2 Å². The van der Waals surface area contributed by atoms with Crippen LogP contribution in [0.25, 0.3) is 5.52 Å². The number of hydrogen-bond donors (Lipinski definition) is 6. The number of rotatable bonds is 10. The minimum atomic E-state index is -2.85. The molecule has 2 aromatic heterocycles. The number of ether oxygens (including phenoxy) is 1. The van der Waals surface area contributed by atoms with Crippen LogP contribution >= 0.6 is 0 Å². The van der Waals surface area contributed by atoms with Gasteiger partial charge >= 0.3 is 17.9 Å². The van der Waals surface area contributed by atoms with E-state index in [0.717, 1.165) is 19.1 Å². The number of hydrogen-bond acceptors (Lipinski definition) is 8. The number of benzene rings is 1. The zero-order chi connectivity index (χ0) is 25.9. The molecule has 0 fully saturated rings. The first-order valence-electron chi connectivity index (χ1n) is 10.0. The van der Waals surface area contributed by atoms with Crippen molar-refractivity contribution < 1.29 is 48.3 Å². The zero-order valence-corrected chi connectivity index (χ0v) is 19.1. The number of esters is 1. The van der Waals surface area contributed by atoms with Gasteiger partial charge in [0.1, 0.15) is 28.8 Å². The number of carbonyl (C=O) groups is 3. The largest absolute Gasteiger partial charge is 0.504 e. The van der Waals surface area contributed by atoms with E-state index in [0.29, 0.717) is 5.52 Å². The first kappa shape index (κ1) is 25.5. The number of fused-ring (bicyclic) bond motifs is 1. The number of aliphatic carboxylic acids is 1. The Morgan fingerprint density at radius 3 is 2.43 bits per heavy atom. The number of aromatic carboxylic acids is 1. The molecule has 0 aliphatic rings. The van der Waals surface area contributed by atoms with Crippen molar-refractivity contribution in [1.82, 2.24) is 4.40 Å². The van der Waals surface area contributed by atoms with Gasteiger partial charge in [0.2, 0.25) is 0 Å². The summed E-state index contributed by atoms with van der Waals surface area (Å²) in [7, 11) is 0. The van der Waals surface area contributed by atoms with Gasteiger partial charge in [0, 0.05) is 11.7 Å². The summed E-state index contributed by atoms with van der Waals surface area (Å²) in [6, 6.07) is 7.95. The topological polar surface area (TPSA) is 195 Å². The molecule has 3 atom stereocenters. The molecule has 0 radical (unpaired) electrons. The Hall–Kier alpha value is -4.10. The summed E-state index contributed by atoms with van der Waals surface area (Å²) in [5, 5.41) is 40.9. The number of phenols is 2. The second-order valence-electron chi connectivity index (χ2n) is 7.85. The lowest BCUT2D eigenvalue weighted by Gasteiger charge is -2.32. The van der Waals surface area contributed by atoms with Gasteiger partial charge in [-0.15, -0.1) is 0 Å². The van der Waals surface area contributed by atoms with Gasteiger partial charge in [-0.05, 0) is 42.8 Å². The monoisotopic (exact) mass is 506 g/mol. The van der Waals surface area contributed by atoms with Crippen LogP contribution < -0.4 is 5.32 Å². The molecule has 0 aliphatic heterocycles. The molecule has 3 rings (SSSR count). The van der Waals surface area contributed by atoms with Crippen LogP contribution in [0.5, 0.6) is 11.5 Å². The molecule has 3 aromatic rings. The summed E-state index contributed by atoms with van der Waals surface area (Å²) in [6.45, 7) is 0.291. The SMILES string of the molecule is C[C@](COC(=O)Cc1ccc(O)c(O)c1)([C@@H](Nc1c(C(=O)O)cc2ccccn12)C(=O)O)S(=O)O. The number of carboxylic acids is 2. The van der Waals surface area contributed by atoms with E-state index in [1.807, 2.05) is 0 Å². The second kappa shape index (κ2) is 10.0. The van der Waals surface area contributed by atoms with Crippen molar-refractivity contribution in [3.63, 3.8) is 0 Å².